The summed E-state index contributed by atoms with van der Waals surface area (Å²) in [5.41, 5.74) is 1.66. The predicted octanol–water partition coefficient (Wildman–Crippen LogP) is 5.37. The molecular formula is C20H21F3N. The van der Waals surface area contributed by atoms with Gasteiger partial charge in [-0.2, -0.15) is 13.2 Å². The van der Waals surface area contributed by atoms with Crippen molar-refractivity contribution in [2.75, 3.05) is 19.6 Å². The van der Waals surface area contributed by atoms with E-state index in [1.165, 1.54) is 12.1 Å². The van der Waals surface area contributed by atoms with Crippen LogP contribution in [-0.4, -0.2) is 24.5 Å². The Morgan fingerprint density at radius 2 is 1.88 bits per heavy atom. The normalized spacial score (nSPS) is 19.4. The van der Waals surface area contributed by atoms with Crippen LogP contribution < -0.4 is 0 Å². The van der Waals surface area contributed by atoms with Crippen LogP contribution in [0.5, 0.6) is 0 Å². The molecule has 1 aliphatic heterocycles. The number of likely N-dealkylation sites (N-methyl/N-ethyl adjacent to an activating group) is 1. The zero-order valence-corrected chi connectivity index (χ0v) is 13.7. The van der Waals surface area contributed by atoms with Crippen molar-refractivity contribution in [1.82, 2.24) is 4.90 Å². The lowest BCUT2D eigenvalue weighted by Gasteiger charge is -2.32. The number of hydrogen-bond acceptors (Lipinski definition) is 1. The van der Waals surface area contributed by atoms with Gasteiger partial charge in [0.2, 0.25) is 0 Å². The molecule has 1 atom stereocenters. The topological polar surface area (TPSA) is 3.24 Å². The first-order valence-electron chi connectivity index (χ1n) is 8.38. The minimum absolute atomic E-state index is 0.162. The number of halogens is 3. The zero-order valence-electron chi connectivity index (χ0n) is 13.7. The Kier molecular flexibility index (Phi) is 4.95. The van der Waals surface area contributed by atoms with Crippen LogP contribution >= 0.6 is 0 Å². The van der Waals surface area contributed by atoms with E-state index in [9.17, 15) is 13.2 Å². The summed E-state index contributed by atoms with van der Waals surface area (Å²) in [6.45, 7) is 4.91. The molecular weight excluding hydrogens is 311 g/mol. The van der Waals surface area contributed by atoms with Crippen LogP contribution in [-0.2, 0) is 6.18 Å². The minimum Gasteiger partial charge on any atom is -0.303 e. The first-order valence-corrected chi connectivity index (χ1v) is 8.38. The van der Waals surface area contributed by atoms with Crippen LogP contribution in [0, 0.1) is 6.07 Å². The average Bonchev–Trinajstić information content (AvgIpc) is 2.61. The first kappa shape index (κ1) is 17.0. The van der Waals surface area contributed by atoms with Crippen molar-refractivity contribution in [3.8, 4) is 11.1 Å². The van der Waals surface area contributed by atoms with E-state index < -0.39 is 11.7 Å². The highest BCUT2D eigenvalue weighted by Crippen LogP contribution is 2.37. The Balaban J connectivity index is 2.02. The number of alkyl halides is 3. The lowest BCUT2D eigenvalue weighted by molar-refractivity contribution is -0.137. The highest BCUT2D eigenvalue weighted by molar-refractivity contribution is 5.65. The van der Waals surface area contributed by atoms with Gasteiger partial charge < -0.3 is 4.90 Å². The van der Waals surface area contributed by atoms with Crippen LogP contribution in [0.15, 0.2) is 42.5 Å². The van der Waals surface area contributed by atoms with Crippen LogP contribution in [0.2, 0.25) is 0 Å². The van der Waals surface area contributed by atoms with E-state index in [1.54, 1.807) is 24.3 Å². The molecule has 0 aromatic heterocycles. The van der Waals surface area contributed by atoms with Crippen LogP contribution in [0.4, 0.5) is 13.2 Å². The van der Waals surface area contributed by atoms with Crippen LogP contribution in [0.3, 0.4) is 0 Å². The van der Waals surface area contributed by atoms with Gasteiger partial charge >= 0.3 is 6.18 Å². The number of nitrogens with zero attached hydrogens (tertiary/aromatic N) is 1. The van der Waals surface area contributed by atoms with Crippen molar-refractivity contribution in [2.45, 2.75) is 31.9 Å². The van der Waals surface area contributed by atoms with Gasteiger partial charge in [0.1, 0.15) is 0 Å². The fraction of sp³-hybridized carbons (Fsp3) is 0.400. The summed E-state index contributed by atoms with van der Waals surface area (Å²) < 4.78 is 40.1. The summed E-state index contributed by atoms with van der Waals surface area (Å²) in [7, 11) is 0. The summed E-state index contributed by atoms with van der Waals surface area (Å²) in [4.78, 5) is 2.31. The van der Waals surface area contributed by atoms with Gasteiger partial charge in [-0.3, -0.25) is 0 Å². The largest absolute Gasteiger partial charge is 0.416 e. The van der Waals surface area contributed by atoms with Crippen molar-refractivity contribution in [1.29, 1.82) is 0 Å². The Bertz CT molecular complexity index is 679. The summed E-state index contributed by atoms with van der Waals surface area (Å²) in [5, 5.41) is 0. The molecule has 0 aliphatic carbocycles. The van der Waals surface area contributed by atoms with Gasteiger partial charge in [0.05, 0.1) is 5.56 Å². The quantitative estimate of drug-likeness (QED) is 0.730. The fourth-order valence-electron chi connectivity index (χ4n) is 3.41. The standard InChI is InChI=1S/C20H21F3N/c1-2-24-10-6-9-16(14-24)18-11-17(15-7-4-3-5-8-15)12-19(13-18)20(21,22)23/h4-5,7-8,11-13,16H,2,6,9-10,14H2,1H3. The molecule has 3 rings (SSSR count). The predicted molar refractivity (Wildman–Crippen MR) is 89.8 cm³/mol. The highest BCUT2D eigenvalue weighted by atomic mass is 19.4. The van der Waals surface area contributed by atoms with E-state index >= 15 is 0 Å². The van der Waals surface area contributed by atoms with E-state index in [4.69, 9.17) is 0 Å². The number of piperidine rings is 1. The van der Waals surface area contributed by atoms with E-state index in [2.05, 4.69) is 17.9 Å². The molecule has 0 amide bonds. The Morgan fingerprint density at radius 1 is 1.12 bits per heavy atom. The van der Waals surface area contributed by atoms with Gasteiger partial charge in [-0.1, -0.05) is 37.3 Å². The molecule has 0 spiro atoms. The third kappa shape index (κ3) is 3.81. The third-order valence-corrected chi connectivity index (χ3v) is 4.76. The molecule has 0 bridgehead atoms. The van der Waals surface area contributed by atoms with E-state index in [1.807, 2.05) is 6.07 Å². The van der Waals surface area contributed by atoms with Gasteiger partial charge in [-0.25, -0.2) is 0 Å². The average molecular weight is 332 g/mol. The lowest BCUT2D eigenvalue weighted by Crippen LogP contribution is -2.34. The number of rotatable bonds is 3. The Labute approximate surface area is 141 Å². The molecule has 1 aliphatic rings. The Morgan fingerprint density at radius 3 is 2.54 bits per heavy atom. The van der Waals surface area contributed by atoms with Crippen molar-refractivity contribution in [2.24, 2.45) is 0 Å². The summed E-state index contributed by atoms with van der Waals surface area (Å²) in [6.07, 6.45) is -2.35. The van der Waals surface area contributed by atoms with Crippen molar-refractivity contribution >= 4 is 0 Å². The van der Waals surface area contributed by atoms with Crippen molar-refractivity contribution in [3.63, 3.8) is 0 Å². The summed E-state index contributed by atoms with van der Waals surface area (Å²) in [5.74, 6) is 0.162. The molecule has 4 heteroatoms. The second kappa shape index (κ2) is 6.98. The second-order valence-electron chi connectivity index (χ2n) is 6.36. The van der Waals surface area contributed by atoms with E-state index in [-0.39, 0.29) is 5.92 Å². The first-order chi connectivity index (χ1) is 11.5. The molecule has 1 nitrogen and oxygen atoms in total. The lowest BCUT2D eigenvalue weighted by atomic mass is 9.87. The van der Waals surface area contributed by atoms with E-state index in [0.29, 0.717) is 5.56 Å². The molecule has 2 aromatic rings. The molecule has 0 N–H and O–H groups in total. The van der Waals surface area contributed by atoms with Crippen molar-refractivity contribution < 1.29 is 13.2 Å². The maximum absolute atomic E-state index is 13.4. The molecule has 127 valence electrons. The highest BCUT2D eigenvalue weighted by Gasteiger charge is 2.32. The molecule has 24 heavy (non-hydrogen) atoms. The summed E-state index contributed by atoms with van der Waals surface area (Å²) in [6, 6.07) is 14.5. The molecule has 1 radical (unpaired) electrons. The van der Waals surface area contributed by atoms with Crippen LogP contribution in [0.1, 0.15) is 36.8 Å². The van der Waals surface area contributed by atoms with Gasteiger partial charge in [0.25, 0.3) is 0 Å². The second-order valence-corrected chi connectivity index (χ2v) is 6.36. The molecule has 0 saturated carbocycles. The number of likely N-dealkylation sites (tertiary alicyclic amines) is 1. The molecule has 2 aromatic carbocycles. The number of benzene rings is 2. The van der Waals surface area contributed by atoms with Gasteiger partial charge in [-0.05, 0) is 66.7 Å². The van der Waals surface area contributed by atoms with E-state index in [0.717, 1.165) is 43.6 Å². The molecule has 1 unspecified atom stereocenters. The maximum atomic E-state index is 13.4. The van der Waals surface area contributed by atoms with Gasteiger partial charge in [0, 0.05) is 6.54 Å². The molecule has 1 fully saturated rings. The molecule has 1 saturated heterocycles. The Hall–Kier alpha value is -1.81. The number of hydrogen-bond donors (Lipinski definition) is 0. The third-order valence-electron chi connectivity index (χ3n) is 4.76. The molecule has 1 heterocycles. The monoisotopic (exact) mass is 332 g/mol. The summed E-state index contributed by atoms with van der Waals surface area (Å²) >= 11 is 0. The van der Waals surface area contributed by atoms with Gasteiger partial charge in [-0.15, -0.1) is 0 Å². The fourth-order valence-corrected chi connectivity index (χ4v) is 3.41. The minimum atomic E-state index is -4.33. The van der Waals surface area contributed by atoms with Gasteiger partial charge in [0.15, 0.2) is 0 Å². The zero-order chi connectivity index (χ0) is 17.2. The van der Waals surface area contributed by atoms with Crippen LogP contribution in [0.25, 0.3) is 11.1 Å². The van der Waals surface area contributed by atoms with Crippen molar-refractivity contribution in [3.05, 3.63) is 59.7 Å². The SMILES string of the molecule is CCN1CCCC(c2cc(-c3cc[c]cc3)cc(C(F)(F)F)c2)C1. The maximum Gasteiger partial charge on any atom is 0.416 e. The smallest absolute Gasteiger partial charge is 0.303 e.